The van der Waals surface area contributed by atoms with Crippen molar-refractivity contribution >= 4 is 0 Å². The molecule has 0 rings (SSSR count). The molecule has 0 aromatic heterocycles. The van der Waals surface area contributed by atoms with Crippen molar-refractivity contribution in [3.05, 3.63) is 12.1 Å². The molecule has 0 aromatic rings. The summed E-state index contributed by atoms with van der Waals surface area (Å²) in [5.74, 6) is 0. The Morgan fingerprint density at radius 3 is 2.33 bits per heavy atom. The Morgan fingerprint density at radius 1 is 1.00 bits per heavy atom. The maximum atomic E-state index is 7.55. The van der Waals surface area contributed by atoms with E-state index in [4.69, 9.17) is 1.37 Å². The maximum absolute atomic E-state index is 7.55. The van der Waals surface area contributed by atoms with Gasteiger partial charge in [0.15, 0.2) is 0 Å². The predicted octanol–water partition coefficient (Wildman–Crippen LogP) is 4.70. The number of rotatable bonds is 8. The second-order valence-electron chi connectivity index (χ2n) is 3.33. The van der Waals surface area contributed by atoms with Crippen LogP contribution in [0.1, 0.15) is 66.6 Å². The molecule has 0 nitrogen and oxygen atoms in total. The zero-order valence-corrected chi connectivity index (χ0v) is 8.73. The van der Waals surface area contributed by atoms with Gasteiger partial charge in [0.05, 0.1) is 1.37 Å². The van der Waals surface area contributed by atoms with Gasteiger partial charge in [-0.15, -0.1) is 0 Å². The minimum atomic E-state index is 0.831. The van der Waals surface area contributed by atoms with Crippen LogP contribution >= 0.6 is 0 Å². The van der Waals surface area contributed by atoms with Crippen LogP contribution in [-0.2, 0) is 0 Å². The van der Waals surface area contributed by atoms with Crippen LogP contribution < -0.4 is 0 Å². The van der Waals surface area contributed by atoms with Crippen LogP contribution in [0.4, 0.5) is 0 Å². The minimum absolute atomic E-state index is 0.831. The lowest BCUT2D eigenvalue weighted by Crippen LogP contribution is -1.77. The lowest BCUT2D eigenvalue weighted by Gasteiger charge is -1.97. The number of hydrogen-bond donors (Lipinski definition) is 0. The first-order valence-corrected chi connectivity index (χ1v) is 5.46. The highest BCUT2D eigenvalue weighted by atomic mass is 13.9. The largest absolute Gasteiger partial charge is 0.0888 e. The Hall–Kier alpha value is -0.260. The van der Waals surface area contributed by atoms with E-state index < -0.39 is 0 Å². The van der Waals surface area contributed by atoms with Gasteiger partial charge in [0.2, 0.25) is 0 Å². The molecule has 0 fully saturated rings. The SMILES string of the molecule is [2H]/C(=C\CC)CCCCCCCC. The number of hydrogen-bond acceptors (Lipinski definition) is 0. The van der Waals surface area contributed by atoms with Crippen LogP contribution in [-0.4, -0.2) is 0 Å². The third kappa shape index (κ3) is 9.74. The Morgan fingerprint density at radius 2 is 1.67 bits per heavy atom. The first-order valence-electron chi connectivity index (χ1n) is 5.96. The Bertz CT molecular complexity index is 127. The van der Waals surface area contributed by atoms with Crippen LogP contribution in [0.5, 0.6) is 0 Å². The summed E-state index contributed by atoms with van der Waals surface area (Å²) in [6.45, 7) is 4.34. The van der Waals surface area contributed by atoms with Gasteiger partial charge in [-0.1, -0.05) is 58.1 Å². The fraction of sp³-hybridized carbons (Fsp3) is 0.833. The average Bonchev–Trinajstić information content (AvgIpc) is 2.11. The molecule has 0 bridgehead atoms. The van der Waals surface area contributed by atoms with E-state index in [0.29, 0.717) is 0 Å². The fourth-order valence-corrected chi connectivity index (χ4v) is 1.25. The summed E-state index contributed by atoms with van der Waals surface area (Å²) >= 11 is 0. The Kier molecular flexibility index (Phi) is 8.79. The molecule has 0 saturated carbocycles. The summed E-state index contributed by atoms with van der Waals surface area (Å²) in [7, 11) is 0. The molecule has 0 heteroatoms. The fourth-order valence-electron chi connectivity index (χ4n) is 1.25. The molecule has 0 saturated heterocycles. The minimum Gasteiger partial charge on any atom is -0.0888 e. The monoisotopic (exact) mass is 169 g/mol. The molecule has 0 heterocycles. The molecule has 0 spiro atoms. The maximum Gasteiger partial charge on any atom is 0.0572 e. The summed E-state index contributed by atoms with van der Waals surface area (Å²) < 4.78 is 7.55. The zero-order valence-electron chi connectivity index (χ0n) is 9.73. The van der Waals surface area contributed by atoms with Crippen molar-refractivity contribution < 1.29 is 1.37 Å². The van der Waals surface area contributed by atoms with Crippen molar-refractivity contribution in [2.24, 2.45) is 0 Å². The second kappa shape index (κ2) is 10.7. The van der Waals surface area contributed by atoms with Gasteiger partial charge in [0.25, 0.3) is 0 Å². The standard InChI is InChI=1S/C12H24/c1-3-5-7-9-11-12-10-8-6-4-2/h5,7H,3-4,6,8-12H2,1-2H3/b7-5+/i7D. The van der Waals surface area contributed by atoms with E-state index in [1.54, 1.807) is 0 Å². The van der Waals surface area contributed by atoms with Crippen molar-refractivity contribution in [3.63, 3.8) is 0 Å². The lowest BCUT2D eigenvalue weighted by molar-refractivity contribution is 0.611. The van der Waals surface area contributed by atoms with Crippen LogP contribution in [0.2, 0.25) is 0 Å². The summed E-state index contributed by atoms with van der Waals surface area (Å²) in [4.78, 5) is 0. The highest BCUT2D eigenvalue weighted by molar-refractivity contribution is 4.79. The molecular formula is C12H24. The summed E-state index contributed by atoms with van der Waals surface area (Å²) in [5, 5.41) is 0. The van der Waals surface area contributed by atoms with Crippen LogP contribution in [0.15, 0.2) is 12.1 Å². The molecule has 0 aliphatic carbocycles. The van der Waals surface area contributed by atoms with Crippen molar-refractivity contribution in [1.82, 2.24) is 0 Å². The first-order chi connectivity index (χ1) is 6.31. The van der Waals surface area contributed by atoms with E-state index in [1.807, 2.05) is 6.08 Å². The van der Waals surface area contributed by atoms with Gasteiger partial charge in [-0.3, -0.25) is 0 Å². The molecule has 0 amide bonds. The van der Waals surface area contributed by atoms with E-state index in [-0.39, 0.29) is 0 Å². The molecule has 0 aromatic carbocycles. The third-order valence-corrected chi connectivity index (χ3v) is 2.02. The van der Waals surface area contributed by atoms with Crippen molar-refractivity contribution in [2.45, 2.75) is 65.2 Å². The summed E-state index contributed by atoms with van der Waals surface area (Å²) in [6, 6.07) is 0.831. The van der Waals surface area contributed by atoms with Crippen molar-refractivity contribution in [1.29, 1.82) is 0 Å². The third-order valence-electron chi connectivity index (χ3n) is 2.02. The molecule has 0 N–H and O–H groups in total. The van der Waals surface area contributed by atoms with Gasteiger partial charge in [0, 0.05) is 0 Å². The van der Waals surface area contributed by atoms with Crippen LogP contribution in [0, 0.1) is 0 Å². The van der Waals surface area contributed by atoms with E-state index in [1.165, 1.54) is 38.5 Å². The Labute approximate surface area is 79.5 Å². The quantitative estimate of drug-likeness (QED) is 0.365. The van der Waals surface area contributed by atoms with E-state index in [9.17, 15) is 0 Å². The number of allylic oxidation sites excluding steroid dienone is 2. The molecular weight excluding hydrogens is 144 g/mol. The average molecular weight is 169 g/mol. The smallest absolute Gasteiger partial charge is 0.0572 e. The van der Waals surface area contributed by atoms with E-state index in [0.717, 1.165) is 18.9 Å². The molecule has 72 valence electrons. The molecule has 12 heavy (non-hydrogen) atoms. The van der Waals surface area contributed by atoms with Gasteiger partial charge in [0.1, 0.15) is 0 Å². The lowest BCUT2D eigenvalue weighted by atomic mass is 10.1. The molecule has 0 aliphatic rings. The van der Waals surface area contributed by atoms with Crippen molar-refractivity contribution in [2.75, 3.05) is 0 Å². The van der Waals surface area contributed by atoms with E-state index in [2.05, 4.69) is 13.8 Å². The van der Waals surface area contributed by atoms with Crippen molar-refractivity contribution in [3.8, 4) is 0 Å². The van der Waals surface area contributed by atoms with Gasteiger partial charge in [-0.2, -0.15) is 0 Å². The highest BCUT2D eigenvalue weighted by Gasteiger charge is 1.87. The van der Waals surface area contributed by atoms with Gasteiger partial charge in [-0.05, 0) is 19.3 Å². The topological polar surface area (TPSA) is 0 Å². The van der Waals surface area contributed by atoms with Crippen LogP contribution in [0.25, 0.3) is 0 Å². The molecule has 0 radical (unpaired) electrons. The van der Waals surface area contributed by atoms with Gasteiger partial charge in [-0.25, -0.2) is 0 Å². The molecule has 0 unspecified atom stereocenters. The zero-order chi connectivity index (χ0) is 9.94. The second-order valence-corrected chi connectivity index (χ2v) is 3.33. The summed E-state index contributed by atoms with van der Waals surface area (Å²) in [5.41, 5.74) is 0. The number of unbranched alkanes of at least 4 members (excludes halogenated alkanes) is 5. The van der Waals surface area contributed by atoms with Gasteiger partial charge < -0.3 is 0 Å². The molecule has 0 atom stereocenters. The van der Waals surface area contributed by atoms with E-state index >= 15 is 0 Å². The normalized spacial score (nSPS) is 13.2. The van der Waals surface area contributed by atoms with Gasteiger partial charge >= 0.3 is 0 Å². The predicted molar refractivity (Wildman–Crippen MR) is 57.4 cm³/mol. The summed E-state index contributed by atoms with van der Waals surface area (Å²) in [6.07, 6.45) is 12.0. The first kappa shape index (κ1) is 9.83. The Balaban J connectivity index is 3.11. The highest BCUT2D eigenvalue weighted by Crippen LogP contribution is 2.07. The molecule has 0 aliphatic heterocycles. The van der Waals surface area contributed by atoms with Crippen LogP contribution in [0.3, 0.4) is 0 Å².